The van der Waals surface area contributed by atoms with Gasteiger partial charge in [0.2, 0.25) is 5.89 Å². The molecule has 0 aliphatic heterocycles. The molecule has 0 N–H and O–H groups in total. The predicted octanol–water partition coefficient (Wildman–Crippen LogP) is 2.28. The molecule has 0 amide bonds. The zero-order chi connectivity index (χ0) is 10.1. The summed E-state index contributed by atoms with van der Waals surface area (Å²) in [6.45, 7) is 0. The van der Waals surface area contributed by atoms with Gasteiger partial charge in [0.05, 0.1) is 23.4 Å². The van der Waals surface area contributed by atoms with Gasteiger partial charge in [-0.2, -0.15) is 0 Å². The number of rotatable bonds is 1. The number of benzene rings is 1. The van der Waals surface area contributed by atoms with Crippen molar-refractivity contribution in [2.75, 3.05) is 0 Å². The molecule has 1 aromatic carbocycles. The molecule has 0 bridgehead atoms. The van der Waals surface area contributed by atoms with E-state index < -0.39 is 0 Å². The molecule has 3 rings (SSSR count). The summed E-state index contributed by atoms with van der Waals surface area (Å²) in [7, 11) is 0. The van der Waals surface area contributed by atoms with Crippen molar-refractivity contribution in [3.8, 4) is 11.6 Å². The zero-order valence-corrected chi connectivity index (χ0v) is 7.79. The molecule has 2 aromatic heterocycles. The first-order chi connectivity index (χ1) is 7.43. The third-order valence-corrected chi connectivity index (χ3v) is 2.10. The van der Waals surface area contributed by atoms with Crippen LogP contribution in [0, 0.1) is 0 Å². The third kappa shape index (κ3) is 1.36. The van der Waals surface area contributed by atoms with Crippen molar-refractivity contribution in [1.82, 2.24) is 15.0 Å². The number of aromatic nitrogens is 3. The van der Waals surface area contributed by atoms with Crippen molar-refractivity contribution in [2.24, 2.45) is 0 Å². The van der Waals surface area contributed by atoms with Crippen LogP contribution >= 0.6 is 0 Å². The van der Waals surface area contributed by atoms with Crippen molar-refractivity contribution < 1.29 is 4.42 Å². The first-order valence-electron chi connectivity index (χ1n) is 4.55. The third-order valence-electron chi connectivity index (χ3n) is 2.10. The highest BCUT2D eigenvalue weighted by Gasteiger charge is 2.05. The number of hydrogen-bond donors (Lipinski definition) is 0. The van der Waals surface area contributed by atoms with E-state index in [4.69, 9.17) is 4.42 Å². The Balaban J connectivity index is 2.22. The number of fused-ring (bicyclic) bond motifs is 1. The Kier molecular flexibility index (Phi) is 1.71. The second kappa shape index (κ2) is 3.16. The van der Waals surface area contributed by atoms with Crippen molar-refractivity contribution in [3.63, 3.8) is 0 Å². The van der Waals surface area contributed by atoms with Crippen molar-refractivity contribution in [1.29, 1.82) is 0 Å². The number of para-hydroxylation sites is 2. The first-order valence-corrected chi connectivity index (χ1v) is 4.55. The fraction of sp³-hybridized carbons (Fsp3) is 0. The van der Waals surface area contributed by atoms with Crippen LogP contribution in [0.15, 0.2) is 47.3 Å². The van der Waals surface area contributed by atoms with Gasteiger partial charge in [0.1, 0.15) is 12.0 Å². The van der Waals surface area contributed by atoms with Crippen LogP contribution in [-0.2, 0) is 0 Å². The molecule has 0 unspecified atom stereocenters. The van der Waals surface area contributed by atoms with Crippen LogP contribution in [0.2, 0.25) is 0 Å². The molecule has 4 heteroatoms. The minimum absolute atomic E-state index is 0.494. The number of nitrogens with zero attached hydrogens (tertiary/aromatic N) is 3. The van der Waals surface area contributed by atoms with E-state index in [1.165, 1.54) is 6.26 Å². The summed E-state index contributed by atoms with van der Waals surface area (Å²) in [6, 6.07) is 7.69. The Hall–Kier alpha value is -2.23. The Labute approximate surface area is 85.6 Å². The molecule has 3 aromatic rings. The van der Waals surface area contributed by atoms with Gasteiger partial charge in [-0.05, 0) is 12.1 Å². The maximum atomic E-state index is 5.15. The highest BCUT2D eigenvalue weighted by atomic mass is 16.3. The standard InChI is InChI=1S/C11H7N3O/c1-2-4-9-8(3-1)13-7-10(14-9)11-12-5-6-15-11/h1-7H. The second-order valence-electron chi connectivity index (χ2n) is 3.08. The monoisotopic (exact) mass is 197 g/mol. The summed E-state index contributed by atoms with van der Waals surface area (Å²) < 4.78 is 5.15. The molecular formula is C11H7N3O. The Morgan fingerprint density at radius 2 is 1.87 bits per heavy atom. The maximum absolute atomic E-state index is 5.15. The summed E-state index contributed by atoms with van der Waals surface area (Å²) in [6.07, 6.45) is 4.77. The molecule has 2 heterocycles. The lowest BCUT2D eigenvalue weighted by atomic mass is 10.3. The molecule has 0 fully saturated rings. The molecule has 0 aliphatic rings. The summed E-state index contributed by atoms with van der Waals surface area (Å²) in [5.74, 6) is 0.494. The van der Waals surface area contributed by atoms with Crippen LogP contribution in [0.5, 0.6) is 0 Å². The summed E-state index contributed by atoms with van der Waals surface area (Å²) in [5, 5.41) is 0. The lowest BCUT2D eigenvalue weighted by Gasteiger charge is -1.97. The van der Waals surface area contributed by atoms with Crippen LogP contribution in [-0.4, -0.2) is 15.0 Å². The fourth-order valence-corrected chi connectivity index (χ4v) is 1.41. The van der Waals surface area contributed by atoms with Crippen LogP contribution in [0.1, 0.15) is 0 Å². The average Bonchev–Trinajstić information content (AvgIpc) is 2.82. The molecule has 0 saturated heterocycles. The average molecular weight is 197 g/mol. The Morgan fingerprint density at radius 3 is 2.67 bits per heavy atom. The van der Waals surface area contributed by atoms with E-state index in [0.29, 0.717) is 11.6 Å². The maximum Gasteiger partial charge on any atom is 0.246 e. The normalized spacial score (nSPS) is 10.7. The smallest absolute Gasteiger partial charge is 0.246 e. The summed E-state index contributed by atoms with van der Waals surface area (Å²) >= 11 is 0. The molecule has 72 valence electrons. The molecule has 0 radical (unpaired) electrons. The highest BCUT2D eigenvalue weighted by Crippen LogP contribution is 2.16. The van der Waals surface area contributed by atoms with E-state index in [1.54, 1.807) is 12.4 Å². The quantitative estimate of drug-likeness (QED) is 0.600. The molecule has 0 atom stereocenters. The van der Waals surface area contributed by atoms with E-state index in [1.807, 2.05) is 24.3 Å². The van der Waals surface area contributed by atoms with Gasteiger partial charge in [-0.15, -0.1) is 0 Å². The molecule has 0 spiro atoms. The van der Waals surface area contributed by atoms with Crippen molar-refractivity contribution >= 4 is 11.0 Å². The van der Waals surface area contributed by atoms with Gasteiger partial charge in [-0.25, -0.2) is 9.97 Å². The van der Waals surface area contributed by atoms with Crippen LogP contribution in [0.3, 0.4) is 0 Å². The van der Waals surface area contributed by atoms with Gasteiger partial charge in [-0.1, -0.05) is 12.1 Å². The topological polar surface area (TPSA) is 51.8 Å². The predicted molar refractivity (Wildman–Crippen MR) is 55.0 cm³/mol. The van der Waals surface area contributed by atoms with Gasteiger partial charge in [-0.3, -0.25) is 4.98 Å². The van der Waals surface area contributed by atoms with Gasteiger partial charge in [0.25, 0.3) is 0 Å². The van der Waals surface area contributed by atoms with Gasteiger partial charge in [0, 0.05) is 0 Å². The van der Waals surface area contributed by atoms with Gasteiger partial charge >= 0.3 is 0 Å². The highest BCUT2D eigenvalue weighted by molar-refractivity contribution is 5.75. The Morgan fingerprint density at radius 1 is 1.00 bits per heavy atom. The molecule has 0 saturated carbocycles. The van der Waals surface area contributed by atoms with E-state index in [9.17, 15) is 0 Å². The summed E-state index contributed by atoms with van der Waals surface area (Å²) in [5.41, 5.74) is 2.36. The van der Waals surface area contributed by atoms with Crippen LogP contribution < -0.4 is 0 Å². The lowest BCUT2D eigenvalue weighted by Crippen LogP contribution is -1.87. The van der Waals surface area contributed by atoms with E-state index in [-0.39, 0.29) is 0 Å². The molecule has 0 aliphatic carbocycles. The van der Waals surface area contributed by atoms with Gasteiger partial charge < -0.3 is 4.42 Å². The van der Waals surface area contributed by atoms with E-state index in [0.717, 1.165) is 11.0 Å². The second-order valence-corrected chi connectivity index (χ2v) is 3.08. The fourth-order valence-electron chi connectivity index (χ4n) is 1.41. The molecular weight excluding hydrogens is 190 g/mol. The van der Waals surface area contributed by atoms with E-state index >= 15 is 0 Å². The molecule has 15 heavy (non-hydrogen) atoms. The van der Waals surface area contributed by atoms with Gasteiger partial charge in [0.15, 0.2) is 0 Å². The largest absolute Gasteiger partial charge is 0.443 e. The van der Waals surface area contributed by atoms with Crippen LogP contribution in [0.4, 0.5) is 0 Å². The van der Waals surface area contributed by atoms with E-state index in [2.05, 4.69) is 15.0 Å². The summed E-state index contributed by atoms with van der Waals surface area (Å²) in [4.78, 5) is 12.7. The Bertz CT molecular complexity index is 590. The number of oxazole rings is 1. The number of hydrogen-bond acceptors (Lipinski definition) is 4. The SMILES string of the molecule is c1ccc2nc(-c3ncco3)cnc2c1. The van der Waals surface area contributed by atoms with Crippen molar-refractivity contribution in [3.05, 3.63) is 42.9 Å². The lowest BCUT2D eigenvalue weighted by molar-refractivity contribution is 0.572. The minimum Gasteiger partial charge on any atom is -0.443 e. The molecule has 4 nitrogen and oxygen atoms in total. The van der Waals surface area contributed by atoms with Crippen LogP contribution in [0.25, 0.3) is 22.6 Å². The first kappa shape index (κ1) is 8.11. The minimum atomic E-state index is 0.494. The zero-order valence-electron chi connectivity index (χ0n) is 7.79. The van der Waals surface area contributed by atoms with Crippen molar-refractivity contribution in [2.45, 2.75) is 0 Å².